The molecule has 226 valence electrons. The molecule has 43 heavy (non-hydrogen) atoms. The third kappa shape index (κ3) is 6.64. The minimum atomic E-state index is -1.22. The molecule has 0 bridgehead atoms. The summed E-state index contributed by atoms with van der Waals surface area (Å²) in [6.07, 6.45) is 4.60. The Morgan fingerprint density at radius 1 is 1.12 bits per heavy atom. The maximum atomic E-state index is 11.1. The van der Waals surface area contributed by atoms with Gasteiger partial charge in [0.25, 0.3) is 6.01 Å². The molecule has 4 aromatic rings. The third-order valence-corrected chi connectivity index (χ3v) is 6.94. The molecule has 1 aliphatic rings. The van der Waals surface area contributed by atoms with Crippen LogP contribution in [-0.2, 0) is 21.8 Å². The number of hydrogen-bond donors (Lipinski definition) is 0. The molecule has 0 spiro atoms. The molecular formula is C26H24Cl2N6O9. The number of nitrogens with zero attached hydrogens (tertiary/aromatic N) is 6. The van der Waals surface area contributed by atoms with Gasteiger partial charge in [-0.05, 0) is 50.2 Å². The van der Waals surface area contributed by atoms with E-state index >= 15 is 0 Å². The Morgan fingerprint density at radius 3 is 2.49 bits per heavy atom. The molecule has 5 rings (SSSR count). The van der Waals surface area contributed by atoms with Gasteiger partial charge in [-0.3, -0.25) is 4.84 Å². The van der Waals surface area contributed by atoms with Crippen molar-refractivity contribution >= 4 is 23.2 Å². The van der Waals surface area contributed by atoms with Crippen LogP contribution in [0.2, 0.25) is 10.0 Å². The fourth-order valence-electron chi connectivity index (χ4n) is 4.67. The van der Waals surface area contributed by atoms with Crippen LogP contribution in [0.25, 0.3) is 11.3 Å². The van der Waals surface area contributed by atoms with Crippen molar-refractivity contribution in [3.05, 3.63) is 97.0 Å². The number of hydrogen-bond acceptors (Lipinski definition) is 11. The van der Waals surface area contributed by atoms with E-state index in [1.165, 1.54) is 4.57 Å². The van der Waals surface area contributed by atoms with Crippen LogP contribution in [0.5, 0.6) is 17.6 Å². The zero-order chi connectivity index (χ0) is 30.7. The number of aromatic nitrogens is 4. The topological polar surface area (TPSA) is 168 Å². The summed E-state index contributed by atoms with van der Waals surface area (Å²) in [7, 11) is 0. The largest absolute Gasteiger partial charge is 0.491 e. The summed E-state index contributed by atoms with van der Waals surface area (Å²) in [5.74, 6) is -1.22. The van der Waals surface area contributed by atoms with Crippen molar-refractivity contribution in [2.24, 2.45) is 0 Å². The second-order valence-corrected chi connectivity index (χ2v) is 10.5. The van der Waals surface area contributed by atoms with Crippen LogP contribution in [0, 0.1) is 20.2 Å². The highest BCUT2D eigenvalue weighted by Crippen LogP contribution is 2.41. The van der Waals surface area contributed by atoms with Gasteiger partial charge in [0.1, 0.15) is 24.2 Å². The quantitative estimate of drug-likeness (QED) is 0.150. The summed E-state index contributed by atoms with van der Waals surface area (Å²) in [5.41, 5.74) is 1.14. The Bertz CT molecular complexity index is 1610. The molecule has 1 fully saturated rings. The van der Waals surface area contributed by atoms with Gasteiger partial charge >= 0.3 is 10.2 Å². The second-order valence-electron chi connectivity index (χ2n) is 9.64. The first-order valence-corrected chi connectivity index (χ1v) is 13.5. The zero-order valence-electron chi connectivity index (χ0n) is 22.7. The third-order valence-electron chi connectivity index (χ3n) is 6.39. The molecule has 2 aromatic heterocycles. The average molecular weight is 635 g/mol. The Morgan fingerprint density at radius 2 is 1.86 bits per heavy atom. The van der Waals surface area contributed by atoms with Gasteiger partial charge in [0.05, 0.1) is 24.5 Å². The van der Waals surface area contributed by atoms with Crippen molar-refractivity contribution in [2.75, 3.05) is 13.2 Å². The standard InChI is InChI=1S/C26H24Cl2N6O9/c1-16(2)32-23(24(42-33(35)36)30-25(32)43-34(37)38)17-3-6-19(7-4-17)39-12-20-13-40-26(41-20,14-31-10-9-29-15-31)21-8-5-18(27)11-22(21)28/h3-11,15-16,20H,12-14H2,1-2H3. The highest BCUT2D eigenvalue weighted by atomic mass is 35.5. The molecule has 2 atom stereocenters. The Labute approximate surface area is 253 Å². The summed E-state index contributed by atoms with van der Waals surface area (Å²) in [6.45, 7) is 4.02. The van der Waals surface area contributed by atoms with Gasteiger partial charge in [-0.1, -0.05) is 29.3 Å². The van der Waals surface area contributed by atoms with Gasteiger partial charge in [0.2, 0.25) is 11.7 Å². The van der Waals surface area contributed by atoms with Crippen molar-refractivity contribution in [1.82, 2.24) is 19.1 Å². The molecule has 0 radical (unpaired) electrons. The molecule has 3 heterocycles. The zero-order valence-corrected chi connectivity index (χ0v) is 24.2. The number of benzene rings is 2. The smallest absolute Gasteiger partial charge is 0.302 e. The normalized spacial score (nSPS) is 18.1. The summed E-state index contributed by atoms with van der Waals surface area (Å²) in [5, 5.41) is 20.8. The van der Waals surface area contributed by atoms with E-state index in [9.17, 15) is 20.2 Å². The van der Waals surface area contributed by atoms with Gasteiger partial charge in [-0.25, -0.2) is 9.82 Å². The Kier molecular flexibility index (Phi) is 8.68. The predicted octanol–water partition coefficient (Wildman–Crippen LogP) is 5.12. The van der Waals surface area contributed by atoms with E-state index < -0.39 is 40.0 Å². The van der Waals surface area contributed by atoms with E-state index in [0.717, 1.165) is 0 Å². The predicted molar refractivity (Wildman–Crippen MR) is 150 cm³/mol. The van der Waals surface area contributed by atoms with E-state index in [1.54, 1.807) is 75.0 Å². The summed E-state index contributed by atoms with van der Waals surface area (Å²) >= 11 is 12.6. The lowest BCUT2D eigenvalue weighted by molar-refractivity contribution is -0.715. The van der Waals surface area contributed by atoms with Crippen LogP contribution in [0.1, 0.15) is 25.5 Å². The van der Waals surface area contributed by atoms with Crippen LogP contribution in [0.15, 0.2) is 61.2 Å². The lowest BCUT2D eigenvalue weighted by Crippen LogP contribution is -2.34. The van der Waals surface area contributed by atoms with Crippen molar-refractivity contribution in [2.45, 2.75) is 38.3 Å². The summed E-state index contributed by atoms with van der Waals surface area (Å²) in [6, 6.07) is 10.7. The average Bonchev–Trinajstić information content (AvgIpc) is 3.67. The van der Waals surface area contributed by atoms with Gasteiger partial charge in [0, 0.05) is 34.6 Å². The minimum Gasteiger partial charge on any atom is -0.491 e. The molecule has 2 unspecified atom stereocenters. The van der Waals surface area contributed by atoms with Gasteiger partial charge in [0.15, 0.2) is 0 Å². The minimum absolute atomic E-state index is 0.117. The molecule has 0 N–H and O–H groups in total. The van der Waals surface area contributed by atoms with Crippen LogP contribution in [0.3, 0.4) is 0 Å². The molecule has 1 aliphatic heterocycles. The maximum absolute atomic E-state index is 11.1. The highest BCUT2D eigenvalue weighted by Gasteiger charge is 2.45. The first kappa shape index (κ1) is 30.0. The summed E-state index contributed by atoms with van der Waals surface area (Å²) < 4.78 is 21.7. The van der Waals surface area contributed by atoms with Crippen LogP contribution in [0.4, 0.5) is 0 Å². The molecule has 15 nitrogen and oxygen atoms in total. The van der Waals surface area contributed by atoms with E-state index in [4.69, 9.17) is 37.4 Å². The molecule has 0 aliphatic carbocycles. The SMILES string of the molecule is CC(C)n1c(O[N+](=O)[O-])nc(O[N+](=O)[O-])c1-c1ccc(OCC2COC(Cn3ccnc3)(c3ccc(Cl)cc3Cl)O2)cc1. The van der Waals surface area contributed by atoms with Crippen LogP contribution < -0.4 is 14.4 Å². The van der Waals surface area contributed by atoms with Crippen molar-refractivity contribution in [3.8, 4) is 28.9 Å². The molecule has 0 amide bonds. The molecular weight excluding hydrogens is 611 g/mol. The highest BCUT2D eigenvalue weighted by molar-refractivity contribution is 6.35. The second kappa shape index (κ2) is 12.4. The Balaban J connectivity index is 1.34. The molecule has 17 heteroatoms. The fourth-order valence-corrected chi connectivity index (χ4v) is 5.23. The monoisotopic (exact) mass is 634 g/mol. The molecule has 0 saturated carbocycles. The van der Waals surface area contributed by atoms with Gasteiger partial charge < -0.3 is 23.3 Å². The Hall–Kier alpha value is -4.44. The maximum Gasteiger partial charge on any atom is 0.302 e. The lowest BCUT2D eigenvalue weighted by atomic mass is 10.1. The van der Waals surface area contributed by atoms with E-state index in [-0.39, 0.29) is 25.5 Å². The van der Waals surface area contributed by atoms with E-state index in [0.29, 0.717) is 26.9 Å². The number of halogens is 2. The van der Waals surface area contributed by atoms with Crippen molar-refractivity contribution in [1.29, 1.82) is 0 Å². The van der Waals surface area contributed by atoms with Gasteiger partial charge in [-0.2, -0.15) is 4.98 Å². The van der Waals surface area contributed by atoms with Gasteiger partial charge in [-0.15, -0.1) is 20.2 Å². The molecule has 2 aromatic carbocycles. The van der Waals surface area contributed by atoms with Crippen molar-refractivity contribution < 1.29 is 34.1 Å². The van der Waals surface area contributed by atoms with Crippen LogP contribution >= 0.6 is 23.2 Å². The van der Waals surface area contributed by atoms with Crippen molar-refractivity contribution in [3.63, 3.8) is 0 Å². The first-order valence-electron chi connectivity index (χ1n) is 12.8. The number of ether oxygens (including phenoxy) is 3. The molecule has 1 saturated heterocycles. The first-order chi connectivity index (χ1) is 20.5. The van der Waals surface area contributed by atoms with E-state index in [2.05, 4.69) is 19.6 Å². The fraction of sp³-hybridized carbons (Fsp3) is 0.308. The van der Waals surface area contributed by atoms with Crippen LogP contribution in [-0.4, -0.2) is 48.6 Å². The number of rotatable bonds is 12. The lowest BCUT2D eigenvalue weighted by Gasteiger charge is -2.30. The van der Waals surface area contributed by atoms with E-state index in [1.807, 2.05) is 4.57 Å². The summed E-state index contributed by atoms with van der Waals surface area (Å²) in [4.78, 5) is 39.1. The number of imidazole rings is 2.